The SMILES string of the molecule is CCC1CC(N)=NN=C1c1cc(F)c(F)cc1F. The van der Waals surface area contributed by atoms with E-state index in [1.165, 1.54) is 0 Å². The number of rotatable bonds is 2. The van der Waals surface area contributed by atoms with E-state index in [0.717, 1.165) is 6.07 Å². The molecule has 1 aliphatic rings. The van der Waals surface area contributed by atoms with Crippen LogP contribution in [0, 0.1) is 23.4 Å². The molecule has 0 saturated carbocycles. The second-order valence-corrected chi connectivity index (χ2v) is 4.13. The van der Waals surface area contributed by atoms with E-state index in [-0.39, 0.29) is 11.5 Å². The Kier molecular flexibility index (Phi) is 3.36. The van der Waals surface area contributed by atoms with E-state index in [0.29, 0.717) is 30.5 Å². The molecular formula is C12H12F3N3. The molecule has 2 rings (SSSR count). The second kappa shape index (κ2) is 4.80. The molecular weight excluding hydrogens is 243 g/mol. The molecule has 0 fully saturated rings. The van der Waals surface area contributed by atoms with Crippen molar-refractivity contribution in [2.75, 3.05) is 0 Å². The lowest BCUT2D eigenvalue weighted by Crippen LogP contribution is -2.27. The summed E-state index contributed by atoms with van der Waals surface area (Å²) in [6, 6.07) is 1.32. The van der Waals surface area contributed by atoms with Crippen LogP contribution in [0.3, 0.4) is 0 Å². The number of benzene rings is 1. The fourth-order valence-electron chi connectivity index (χ4n) is 1.92. The van der Waals surface area contributed by atoms with Crippen LogP contribution in [0.1, 0.15) is 25.3 Å². The highest BCUT2D eigenvalue weighted by atomic mass is 19.2. The zero-order valence-electron chi connectivity index (χ0n) is 9.75. The number of amidine groups is 1. The Labute approximate surface area is 102 Å². The van der Waals surface area contributed by atoms with Gasteiger partial charge in [-0.05, 0) is 12.5 Å². The first-order chi connectivity index (χ1) is 8.52. The van der Waals surface area contributed by atoms with Gasteiger partial charge in [0.05, 0.1) is 5.71 Å². The normalized spacial score (nSPS) is 19.4. The van der Waals surface area contributed by atoms with E-state index in [2.05, 4.69) is 10.2 Å². The summed E-state index contributed by atoms with van der Waals surface area (Å²) in [5.41, 5.74) is 5.80. The Balaban J connectivity index is 2.50. The van der Waals surface area contributed by atoms with E-state index in [1.807, 2.05) is 6.92 Å². The fraction of sp³-hybridized carbons (Fsp3) is 0.333. The smallest absolute Gasteiger partial charge is 0.161 e. The molecule has 96 valence electrons. The van der Waals surface area contributed by atoms with Gasteiger partial charge in [-0.25, -0.2) is 13.2 Å². The average Bonchev–Trinajstić information content (AvgIpc) is 2.34. The molecule has 0 aromatic heterocycles. The minimum atomic E-state index is -1.22. The Bertz CT molecular complexity index is 538. The summed E-state index contributed by atoms with van der Waals surface area (Å²) in [4.78, 5) is 0. The van der Waals surface area contributed by atoms with E-state index in [4.69, 9.17) is 5.73 Å². The minimum absolute atomic E-state index is 0.0583. The molecule has 1 heterocycles. The molecule has 0 amide bonds. The summed E-state index contributed by atoms with van der Waals surface area (Å²) >= 11 is 0. The topological polar surface area (TPSA) is 50.7 Å². The quantitative estimate of drug-likeness (QED) is 0.811. The third-order valence-corrected chi connectivity index (χ3v) is 2.91. The molecule has 6 heteroatoms. The predicted octanol–water partition coefficient (Wildman–Crippen LogP) is 2.60. The van der Waals surface area contributed by atoms with Gasteiger partial charge in [0, 0.05) is 24.0 Å². The summed E-state index contributed by atoms with van der Waals surface area (Å²) in [7, 11) is 0. The maximum atomic E-state index is 13.7. The summed E-state index contributed by atoms with van der Waals surface area (Å²) in [5, 5.41) is 7.49. The van der Waals surface area contributed by atoms with Crippen LogP contribution in [-0.4, -0.2) is 11.5 Å². The summed E-state index contributed by atoms with van der Waals surface area (Å²) < 4.78 is 39.7. The molecule has 0 aliphatic carbocycles. The molecule has 1 aromatic carbocycles. The predicted molar refractivity (Wildman–Crippen MR) is 62.9 cm³/mol. The zero-order chi connectivity index (χ0) is 13.3. The standard InChI is InChI=1S/C12H12F3N3/c1-2-6-3-11(16)17-18-12(6)7-4-9(14)10(15)5-8(7)13/h4-6H,2-3H2,1H3,(H2,16,17). The van der Waals surface area contributed by atoms with Crippen LogP contribution in [-0.2, 0) is 0 Å². The fourth-order valence-corrected chi connectivity index (χ4v) is 1.92. The third kappa shape index (κ3) is 2.23. The van der Waals surface area contributed by atoms with Crippen molar-refractivity contribution in [1.82, 2.24) is 0 Å². The van der Waals surface area contributed by atoms with Crippen molar-refractivity contribution in [2.45, 2.75) is 19.8 Å². The summed E-state index contributed by atoms with van der Waals surface area (Å²) in [6.45, 7) is 1.89. The number of hydrogen-bond acceptors (Lipinski definition) is 3. The highest BCUT2D eigenvalue weighted by molar-refractivity contribution is 6.06. The van der Waals surface area contributed by atoms with Crippen molar-refractivity contribution in [3.63, 3.8) is 0 Å². The summed E-state index contributed by atoms with van der Waals surface area (Å²) in [6.07, 6.45) is 1.10. The van der Waals surface area contributed by atoms with Gasteiger partial charge in [-0.2, -0.15) is 5.10 Å². The molecule has 0 radical (unpaired) electrons. The van der Waals surface area contributed by atoms with Crippen molar-refractivity contribution >= 4 is 11.5 Å². The van der Waals surface area contributed by atoms with Crippen molar-refractivity contribution in [3.8, 4) is 0 Å². The largest absolute Gasteiger partial charge is 0.386 e. The molecule has 1 aromatic rings. The number of halogens is 3. The van der Waals surface area contributed by atoms with E-state index in [9.17, 15) is 13.2 Å². The molecule has 3 nitrogen and oxygen atoms in total. The Morgan fingerprint density at radius 2 is 1.83 bits per heavy atom. The molecule has 0 spiro atoms. The molecule has 0 bridgehead atoms. The van der Waals surface area contributed by atoms with Crippen LogP contribution in [0.15, 0.2) is 22.3 Å². The van der Waals surface area contributed by atoms with Gasteiger partial charge in [-0.15, -0.1) is 5.10 Å². The monoisotopic (exact) mass is 255 g/mol. The lowest BCUT2D eigenvalue weighted by Gasteiger charge is -2.20. The highest BCUT2D eigenvalue weighted by Gasteiger charge is 2.25. The number of nitrogens with two attached hydrogens (primary N) is 1. The molecule has 0 saturated heterocycles. The van der Waals surface area contributed by atoms with Crippen LogP contribution >= 0.6 is 0 Å². The van der Waals surface area contributed by atoms with Gasteiger partial charge in [0.25, 0.3) is 0 Å². The van der Waals surface area contributed by atoms with Gasteiger partial charge in [0.2, 0.25) is 0 Å². The molecule has 1 atom stereocenters. The van der Waals surface area contributed by atoms with E-state index >= 15 is 0 Å². The van der Waals surface area contributed by atoms with Gasteiger partial charge in [0.1, 0.15) is 11.7 Å². The maximum absolute atomic E-state index is 13.7. The zero-order valence-corrected chi connectivity index (χ0v) is 9.75. The van der Waals surface area contributed by atoms with Gasteiger partial charge >= 0.3 is 0 Å². The third-order valence-electron chi connectivity index (χ3n) is 2.91. The van der Waals surface area contributed by atoms with Crippen molar-refractivity contribution in [1.29, 1.82) is 0 Å². The van der Waals surface area contributed by atoms with Crippen LogP contribution in [0.5, 0.6) is 0 Å². The average molecular weight is 255 g/mol. The van der Waals surface area contributed by atoms with Crippen LogP contribution in [0.2, 0.25) is 0 Å². The first kappa shape index (κ1) is 12.6. The van der Waals surface area contributed by atoms with Crippen molar-refractivity contribution < 1.29 is 13.2 Å². The Hall–Kier alpha value is -1.85. The lowest BCUT2D eigenvalue weighted by molar-refractivity contribution is 0.493. The van der Waals surface area contributed by atoms with Gasteiger partial charge in [-0.1, -0.05) is 6.92 Å². The number of hydrogen-bond donors (Lipinski definition) is 1. The highest BCUT2D eigenvalue weighted by Crippen LogP contribution is 2.24. The molecule has 1 unspecified atom stereocenters. The Morgan fingerprint density at radius 3 is 2.50 bits per heavy atom. The van der Waals surface area contributed by atoms with Crippen LogP contribution in [0.25, 0.3) is 0 Å². The van der Waals surface area contributed by atoms with Gasteiger partial charge in [-0.3, -0.25) is 0 Å². The summed E-state index contributed by atoms with van der Waals surface area (Å²) in [5.74, 6) is -2.95. The Morgan fingerprint density at radius 1 is 1.17 bits per heavy atom. The minimum Gasteiger partial charge on any atom is -0.386 e. The molecule has 2 N–H and O–H groups in total. The lowest BCUT2D eigenvalue weighted by atomic mass is 9.90. The van der Waals surface area contributed by atoms with E-state index < -0.39 is 17.5 Å². The first-order valence-corrected chi connectivity index (χ1v) is 5.57. The molecule has 1 aliphatic heterocycles. The number of nitrogens with zero attached hydrogens (tertiary/aromatic N) is 2. The van der Waals surface area contributed by atoms with Gasteiger partial charge < -0.3 is 5.73 Å². The first-order valence-electron chi connectivity index (χ1n) is 5.57. The van der Waals surface area contributed by atoms with Gasteiger partial charge in [0.15, 0.2) is 11.6 Å². The maximum Gasteiger partial charge on any atom is 0.161 e. The van der Waals surface area contributed by atoms with Crippen molar-refractivity contribution in [2.24, 2.45) is 21.9 Å². The van der Waals surface area contributed by atoms with Crippen LogP contribution in [0.4, 0.5) is 13.2 Å². The second-order valence-electron chi connectivity index (χ2n) is 4.13. The molecule has 18 heavy (non-hydrogen) atoms. The van der Waals surface area contributed by atoms with Crippen LogP contribution < -0.4 is 5.73 Å². The van der Waals surface area contributed by atoms with Crippen molar-refractivity contribution in [3.05, 3.63) is 35.1 Å². The van der Waals surface area contributed by atoms with E-state index in [1.54, 1.807) is 0 Å².